The molecule has 0 bridgehead atoms. The Morgan fingerprint density at radius 3 is 2.26 bits per heavy atom. The number of rotatable bonds is 9. The van der Waals surface area contributed by atoms with Crippen molar-refractivity contribution in [2.75, 3.05) is 24.3 Å². The van der Waals surface area contributed by atoms with Crippen molar-refractivity contribution >= 4 is 46.4 Å². The van der Waals surface area contributed by atoms with Gasteiger partial charge in [-0.25, -0.2) is 14.6 Å². The van der Waals surface area contributed by atoms with Gasteiger partial charge in [0.2, 0.25) is 11.8 Å². The lowest BCUT2D eigenvalue weighted by atomic mass is 10.0. The monoisotopic (exact) mass is 498 g/mol. The summed E-state index contributed by atoms with van der Waals surface area (Å²) in [6, 6.07) is 6.25. The van der Waals surface area contributed by atoms with Gasteiger partial charge in [-0.15, -0.1) is 11.8 Å². The number of amides is 1. The van der Waals surface area contributed by atoms with Gasteiger partial charge in [-0.1, -0.05) is 11.6 Å². The summed E-state index contributed by atoms with van der Waals surface area (Å²) in [5.41, 5.74) is 4.21. The van der Waals surface area contributed by atoms with Crippen molar-refractivity contribution in [1.82, 2.24) is 4.98 Å². The number of carbonyl (C=O) groups is 3. The number of aryl methyl sites for hydroxylation is 4. The number of pyridine rings is 1. The normalized spacial score (nSPS) is 10.9. The number of nitrogens with one attached hydrogen (secondary N) is 1. The zero-order chi connectivity index (χ0) is 25.7. The van der Waals surface area contributed by atoms with Crippen molar-refractivity contribution in [2.24, 2.45) is 0 Å². The predicted octanol–water partition coefficient (Wildman–Crippen LogP) is 5.54. The van der Waals surface area contributed by atoms with Gasteiger partial charge >= 0.3 is 11.9 Å². The van der Waals surface area contributed by atoms with E-state index in [1.165, 1.54) is 24.2 Å². The van der Waals surface area contributed by atoms with E-state index in [2.05, 4.69) is 31.3 Å². The Labute approximate surface area is 208 Å². The van der Waals surface area contributed by atoms with Gasteiger partial charge in [0, 0.05) is 17.6 Å². The zero-order valence-electron chi connectivity index (χ0n) is 20.9. The highest BCUT2D eigenvalue weighted by molar-refractivity contribution is 7.99. The molecular weight excluding hydrogens is 468 g/mol. The molecule has 35 heavy (non-hydrogen) atoms. The molecule has 0 spiro atoms. The lowest BCUT2D eigenvalue weighted by Crippen LogP contribution is -2.17. The van der Waals surface area contributed by atoms with Crippen LogP contribution in [0.3, 0.4) is 0 Å². The van der Waals surface area contributed by atoms with Crippen LogP contribution in [0.15, 0.2) is 27.6 Å². The summed E-state index contributed by atoms with van der Waals surface area (Å²) < 4.78 is 15.6. The number of furan rings is 1. The largest absolute Gasteiger partial charge is 0.462 e. The van der Waals surface area contributed by atoms with Crippen LogP contribution < -0.4 is 5.32 Å². The molecule has 0 atom stereocenters. The molecule has 1 N–H and O–H groups in total. The number of benzene rings is 1. The molecule has 0 aliphatic rings. The summed E-state index contributed by atoms with van der Waals surface area (Å²) >= 11 is 1.47. The molecule has 0 radical (unpaired) electrons. The summed E-state index contributed by atoms with van der Waals surface area (Å²) in [4.78, 5) is 42.3. The van der Waals surface area contributed by atoms with Crippen LogP contribution in [0.2, 0.25) is 0 Å². The average molecular weight is 499 g/mol. The number of thioether (sulfide) groups is 1. The second kappa shape index (κ2) is 11.4. The summed E-state index contributed by atoms with van der Waals surface area (Å²) in [5.74, 6) is -1.33. The fraction of sp³-hybridized carbons (Fsp3) is 0.385. The average Bonchev–Trinajstić information content (AvgIpc) is 3.10. The number of aromatic nitrogens is 1. The number of fused-ring (bicyclic) bond motifs is 1. The zero-order valence-corrected chi connectivity index (χ0v) is 21.7. The molecule has 3 aromatic rings. The molecule has 2 heterocycles. The topological polar surface area (TPSA) is 108 Å². The number of carbonyl (C=O) groups excluding carboxylic acids is 3. The maximum atomic E-state index is 12.6. The molecule has 2 aromatic heterocycles. The molecule has 0 saturated carbocycles. The Kier molecular flexibility index (Phi) is 8.56. The molecule has 3 rings (SSSR count). The standard InChI is InChI=1S/C26H30N2O6S/c1-7-32-25(30)21-17(6)34-24(22(21)26(31)33-8-2)27-19(29)9-10-35-20-13-15(4)18-12-14(3)11-16(5)23(18)28-20/h11-13H,7-10H2,1-6H3,(H,27,29). The molecule has 1 aromatic carbocycles. The molecule has 0 aliphatic carbocycles. The Bertz CT molecular complexity index is 1280. The quantitative estimate of drug-likeness (QED) is 0.303. The van der Waals surface area contributed by atoms with Crippen molar-refractivity contribution in [3.8, 4) is 0 Å². The van der Waals surface area contributed by atoms with Crippen LogP contribution in [-0.2, 0) is 14.3 Å². The first-order valence-electron chi connectivity index (χ1n) is 11.4. The van der Waals surface area contributed by atoms with Gasteiger partial charge < -0.3 is 13.9 Å². The Hall–Kier alpha value is -3.33. The van der Waals surface area contributed by atoms with Gasteiger partial charge in [0.25, 0.3) is 0 Å². The fourth-order valence-electron chi connectivity index (χ4n) is 3.81. The number of ether oxygens (including phenoxy) is 2. The molecule has 9 heteroatoms. The first kappa shape index (κ1) is 26.3. The Morgan fingerprint density at radius 2 is 1.60 bits per heavy atom. The smallest absolute Gasteiger partial charge is 0.344 e. The highest BCUT2D eigenvalue weighted by Crippen LogP contribution is 2.30. The number of hydrogen-bond acceptors (Lipinski definition) is 8. The van der Waals surface area contributed by atoms with E-state index in [0.29, 0.717) is 5.75 Å². The van der Waals surface area contributed by atoms with E-state index in [9.17, 15) is 14.4 Å². The Morgan fingerprint density at radius 1 is 0.943 bits per heavy atom. The summed E-state index contributed by atoms with van der Waals surface area (Å²) in [7, 11) is 0. The lowest BCUT2D eigenvalue weighted by Gasteiger charge is -2.10. The van der Waals surface area contributed by atoms with Crippen molar-refractivity contribution in [2.45, 2.75) is 53.0 Å². The van der Waals surface area contributed by atoms with E-state index >= 15 is 0 Å². The highest BCUT2D eigenvalue weighted by atomic mass is 32.2. The van der Waals surface area contributed by atoms with Crippen molar-refractivity contribution < 1.29 is 28.3 Å². The highest BCUT2D eigenvalue weighted by Gasteiger charge is 2.31. The molecule has 0 fully saturated rings. The molecule has 0 saturated heterocycles. The third kappa shape index (κ3) is 6.03. The van der Waals surface area contributed by atoms with Crippen LogP contribution in [0.4, 0.5) is 5.88 Å². The first-order chi connectivity index (χ1) is 16.7. The van der Waals surface area contributed by atoms with Gasteiger partial charge in [0.15, 0.2) is 0 Å². The lowest BCUT2D eigenvalue weighted by molar-refractivity contribution is -0.115. The second-order valence-electron chi connectivity index (χ2n) is 8.08. The number of hydrogen-bond donors (Lipinski definition) is 1. The third-order valence-electron chi connectivity index (χ3n) is 5.31. The number of nitrogens with zero attached hydrogens (tertiary/aromatic N) is 1. The van der Waals surface area contributed by atoms with Crippen LogP contribution in [0, 0.1) is 27.7 Å². The first-order valence-corrected chi connectivity index (χ1v) is 12.4. The minimum Gasteiger partial charge on any atom is -0.462 e. The van der Waals surface area contributed by atoms with Crippen LogP contribution in [-0.4, -0.2) is 41.8 Å². The molecule has 8 nitrogen and oxygen atoms in total. The molecule has 0 aliphatic heterocycles. The van der Waals surface area contributed by atoms with Crippen molar-refractivity contribution in [1.29, 1.82) is 0 Å². The fourth-order valence-corrected chi connectivity index (χ4v) is 4.72. The Balaban J connectivity index is 1.73. The molecule has 0 unspecified atom stereocenters. The van der Waals surface area contributed by atoms with Gasteiger partial charge in [0.1, 0.15) is 16.9 Å². The van der Waals surface area contributed by atoms with Crippen LogP contribution in [0.1, 0.15) is 63.4 Å². The van der Waals surface area contributed by atoms with Crippen LogP contribution in [0.25, 0.3) is 10.9 Å². The third-order valence-corrected chi connectivity index (χ3v) is 6.22. The van der Waals surface area contributed by atoms with E-state index in [1.54, 1.807) is 13.8 Å². The number of esters is 2. The molecule has 1 amide bonds. The van der Waals surface area contributed by atoms with Gasteiger partial charge in [0.05, 0.1) is 23.8 Å². The van der Waals surface area contributed by atoms with Crippen LogP contribution >= 0.6 is 11.8 Å². The van der Waals surface area contributed by atoms with E-state index in [4.69, 9.17) is 18.9 Å². The SMILES string of the molecule is CCOC(=O)c1c(C)oc(NC(=O)CCSc2cc(C)c3cc(C)cc(C)c3n2)c1C(=O)OCC. The van der Waals surface area contributed by atoms with Gasteiger partial charge in [-0.2, -0.15) is 0 Å². The maximum absolute atomic E-state index is 12.6. The van der Waals surface area contributed by atoms with Crippen LogP contribution in [0.5, 0.6) is 0 Å². The second-order valence-corrected chi connectivity index (χ2v) is 9.20. The predicted molar refractivity (Wildman–Crippen MR) is 135 cm³/mol. The van der Waals surface area contributed by atoms with Crippen molar-refractivity contribution in [3.05, 3.63) is 51.8 Å². The maximum Gasteiger partial charge on any atom is 0.344 e. The minimum absolute atomic E-state index is 0.0450. The summed E-state index contributed by atoms with van der Waals surface area (Å²) in [5, 5.41) is 4.56. The van der Waals surface area contributed by atoms with Gasteiger partial charge in [-0.3, -0.25) is 10.1 Å². The van der Waals surface area contributed by atoms with Gasteiger partial charge in [-0.05, 0) is 64.8 Å². The molecule has 186 valence electrons. The van der Waals surface area contributed by atoms with E-state index in [1.807, 2.05) is 13.0 Å². The van der Waals surface area contributed by atoms with E-state index in [0.717, 1.165) is 27.1 Å². The summed E-state index contributed by atoms with van der Waals surface area (Å²) in [6.07, 6.45) is 0.146. The van der Waals surface area contributed by atoms with Crippen molar-refractivity contribution in [3.63, 3.8) is 0 Å². The molecular formula is C26H30N2O6S. The summed E-state index contributed by atoms with van der Waals surface area (Å²) in [6.45, 7) is 11.2. The van der Waals surface area contributed by atoms with E-state index in [-0.39, 0.29) is 48.3 Å². The number of anilines is 1. The minimum atomic E-state index is -0.765. The van der Waals surface area contributed by atoms with E-state index < -0.39 is 11.9 Å².